The van der Waals surface area contributed by atoms with Crippen LogP contribution in [0.2, 0.25) is 0 Å². The molecule has 0 radical (unpaired) electrons. The topological polar surface area (TPSA) is 325 Å². The quantitative estimate of drug-likeness (QED) is 0.0204. The van der Waals surface area contributed by atoms with E-state index in [1.54, 1.807) is 53.7 Å². The summed E-state index contributed by atoms with van der Waals surface area (Å²) in [5.41, 5.74) is 0.230. The number of alkyl halides is 1. The Morgan fingerprint density at radius 3 is 2.43 bits per heavy atom. The standard InChI is InChI=1S/C54H67IN8O15S/c1-3-19-53(2,55)79-39-27-42(66)63(48(39)71)54(30-57-31-54)51(74)59-22-16-41(65)61-37-25-34(12-14-38(37)77-50-45(69)43(67)44(68)46(78-50)49(72)73)29-76-52(75)60-36-11-6-10-35(26-36)47(70)62-23-17-32(18-24-62)8-4-5-21-58-40(64)15-13-33-9-7-20-56-28-33/h6-7,9-15,20,25-26,28,32,39,43-46,50,57,67-69H,3-5,8,16-19,21-24,27,29-31H2,1-2H3,(H,58,64)(H,59,74)(H,60,75)(H,61,65)(H,72,73)/b15-13+/t39?,43-,44?,45-,46?,50?,53?/m0/s1. The zero-order valence-electron chi connectivity index (χ0n) is 43.8. The Labute approximate surface area is 474 Å². The van der Waals surface area contributed by atoms with Crippen LogP contribution in [0.3, 0.4) is 0 Å². The number of anilines is 2. The number of thioether (sulfide) groups is 1. The van der Waals surface area contributed by atoms with Gasteiger partial charge in [0.05, 0.1) is 13.7 Å². The zero-order chi connectivity index (χ0) is 56.9. The number of carbonyl (C=O) groups is 8. The number of amides is 7. The molecular weight excluding hydrogens is 1160 g/mol. The third-order valence-corrected chi connectivity index (χ3v) is 16.6. The molecule has 23 nitrogen and oxygen atoms in total. The molecule has 9 N–H and O–H groups in total. The van der Waals surface area contributed by atoms with Gasteiger partial charge in [0.2, 0.25) is 35.8 Å². The van der Waals surface area contributed by atoms with E-state index < -0.39 is 77.2 Å². The van der Waals surface area contributed by atoms with E-state index in [1.165, 1.54) is 36.0 Å². The van der Waals surface area contributed by atoms with E-state index in [2.05, 4.69) is 54.2 Å². The number of aliphatic hydroxyl groups excluding tert-OH is 3. The molecule has 0 saturated carbocycles. The smallest absolute Gasteiger partial charge is 0.411 e. The average molecular weight is 1230 g/mol. The third kappa shape index (κ3) is 16.0. The van der Waals surface area contributed by atoms with Gasteiger partial charge in [-0.3, -0.25) is 44.0 Å². The highest BCUT2D eigenvalue weighted by molar-refractivity contribution is 14.1. The SMILES string of the molecule is CCCC(C)(I)SC1CC(=O)N(C2(C(=O)NCCC(=O)Nc3cc(COC(=O)Nc4cccc(C(=O)N5CCC(CCCCNC(=O)/C=C/c6cccnc6)CC5)c4)ccc3OC3OC(C(=O)O)C(O)[C@H](O)[C@@H]3O)CNC2)C1=O. The largest absolute Gasteiger partial charge is 0.479 e. The summed E-state index contributed by atoms with van der Waals surface area (Å²) in [5.74, 6) is -3.96. The lowest BCUT2D eigenvalue weighted by atomic mass is 9.89. The minimum Gasteiger partial charge on any atom is -0.479 e. The van der Waals surface area contributed by atoms with Gasteiger partial charge < -0.3 is 60.8 Å². The van der Waals surface area contributed by atoms with Crippen LogP contribution in [0.4, 0.5) is 16.2 Å². The molecule has 4 fully saturated rings. The molecule has 7 amide bonds. The molecule has 7 rings (SSSR count). The number of ether oxygens (including phenoxy) is 3. The lowest BCUT2D eigenvalue weighted by molar-refractivity contribution is -0.271. The summed E-state index contributed by atoms with van der Waals surface area (Å²) in [5, 5.41) is 54.1. The molecule has 5 heterocycles. The fourth-order valence-electron chi connectivity index (χ4n) is 9.65. The van der Waals surface area contributed by atoms with Crippen LogP contribution in [-0.2, 0) is 44.8 Å². The van der Waals surface area contributed by atoms with Gasteiger partial charge in [0, 0.05) is 81.8 Å². The van der Waals surface area contributed by atoms with E-state index in [0.717, 1.165) is 55.4 Å². The maximum absolute atomic E-state index is 13.7. The van der Waals surface area contributed by atoms with Crippen LogP contribution in [0.15, 0.2) is 73.1 Å². The van der Waals surface area contributed by atoms with E-state index in [9.17, 15) is 58.8 Å². The Kier molecular flexibility index (Phi) is 21.2. The summed E-state index contributed by atoms with van der Waals surface area (Å²) >= 11 is 3.68. The van der Waals surface area contributed by atoms with E-state index in [0.29, 0.717) is 42.4 Å². The molecule has 7 atom stereocenters. The van der Waals surface area contributed by atoms with Gasteiger partial charge in [-0.05, 0) is 92.1 Å². The predicted octanol–water partition coefficient (Wildman–Crippen LogP) is 3.55. The number of rotatable bonds is 24. The minimum absolute atomic E-state index is 0.0284. The molecule has 79 heavy (non-hydrogen) atoms. The Bertz CT molecular complexity index is 2730. The normalized spacial score (nSPS) is 22.8. The fraction of sp³-hybridized carbons (Fsp3) is 0.500. The number of aromatic nitrogens is 1. The number of piperidine rings is 1. The van der Waals surface area contributed by atoms with Crippen LogP contribution in [0.1, 0.15) is 93.1 Å². The van der Waals surface area contributed by atoms with Crippen molar-refractivity contribution in [2.24, 2.45) is 5.92 Å². The van der Waals surface area contributed by atoms with Crippen LogP contribution in [0.5, 0.6) is 5.75 Å². The fourth-order valence-corrected chi connectivity index (χ4v) is 12.5. The second kappa shape index (κ2) is 27.8. The Morgan fingerprint density at radius 1 is 0.962 bits per heavy atom. The molecule has 4 aliphatic heterocycles. The number of aliphatic hydroxyl groups is 3. The van der Waals surface area contributed by atoms with E-state index in [4.69, 9.17) is 14.2 Å². The number of hydrogen-bond donors (Lipinski definition) is 9. The first kappa shape index (κ1) is 60.4. The van der Waals surface area contributed by atoms with Gasteiger partial charge in [0.1, 0.15) is 30.7 Å². The maximum atomic E-state index is 13.7. The number of pyridine rings is 1. The van der Waals surface area contributed by atoms with Crippen LogP contribution in [0, 0.1) is 5.92 Å². The van der Waals surface area contributed by atoms with Gasteiger partial charge in [-0.2, -0.15) is 0 Å². The summed E-state index contributed by atoms with van der Waals surface area (Å²) in [7, 11) is 0. The van der Waals surface area contributed by atoms with Gasteiger partial charge in [0.15, 0.2) is 11.6 Å². The predicted molar refractivity (Wildman–Crippen MR) is 297 cm³/mol. The van der Waals surface area contributed by atoms with Crippen LogP contribution in [-0.4, -0.2) is 166 Å². The molecule has 1 aromatic heterocycles. The van der Waals surface area contributed by atoms with Gasteiger partial charge >= 0.3 is 12.1 Å². The lowest BCUT2D eigenvalue weighted by Gasteiger charge is -2.46. The number of halogens is 1. The number of unbranched alkanes of at least 4 members (excludes halogenated alkanes) is 1. The number of imide groups is 1. The van der Waals surface area contributed by atoms with E-state index in [1.807, 2.05) is 19.9 Å². The Hall–Kier alpha value is -6.23. The number of hydrogen-bond acceptors (Lipinski definition) is 17. The molecule has 0 spiro atoms. The molecule has 0 aliphatic carbocycles. The van der Waals surface area contributed by atoms with Crippen LogP contribution in [0.25, 0.3) is 6.08 Å². The summed E-state index contributed by atoms with van der Waals surface area (Å²) in [4.78, 5) is 112. The average Bonchev–Trinajstić information content (AvgIpc) is 3.84. The van der Waals surface area contributed by atoms with Crippen molar-refractivity contribution in [2.45, 2.75) is 122 Å². The van der Waals surface area contributed by atoms with Crippen molar-refractivity contribution in [3.8, 4) is 5.75 Å². The van der Waals surface area contributed by atoms with Gasteiger partial charge in [-0.15, -0.1) is 11.8 Å². The number of benzene rings is 2. The van der Waals surface area contributed by atoms with Crippen molar-refractivity contribution in [1.82, 2.24) is 30.7 Å². The molecule has 2 aromatic carbocycles. The van der Waals surface area contributed by atoms with Crippen molar-refractivity contribution in [1.29, 1.82) is 0 Å². The van der Waals surface area contributed by atoms with Crippen molar-refractivity contribution in [2.75, 3.05) is 49.9 Å². The zero-order valence-corrected chi connectivity index (χ0v) is 46.7. The van der Waals surface area contributed by atoms with Crippen molar-refractivity contribution in [3.05, 3.63) is 89.8 Å². The van der Waals surface area contributed by atoms with Crippen molar-refractivity contribution >= 4 is 99.3 Å². The number of carbonyl (C=O) groups excluding carboxylic acids is 7. The summed E-state index contributed by atoms with van der Waals surface area (Å²) in [6, 6.07) is 14.2. The maximum Gasteiger partial charge on any atom is 0.411 e. The summed E-state index contributed by atoms with van der Waals surface area (Å²) < 4.78 is 16.3. The highest BCUT2D eigenvalue weighted by Gasteiger charge is 2.58. The van der Waals surface area contributed by atoms with Gasteiger partial charge in [0.25, 0.3) is 5.91 Å². The molecule has 4 aliphatic rings. The molecule has 426 valence electrons. The van der Waals surface area contributed by atoms with E-state index in [-0.39, 0.29) is 65.1 Å². The number of likely N-dealkylation sites (tertiary alicyclic amines) is 2. The molecule has 5 unspecified atom stereocenters. The minimum atomic E-state index is -2.00. The van der Waals surface area contributed by atoms with Gasteiger partial charge in [-0.25, -0.2) is 9.59 Å². The van der Waals surface area contributed by atoms with Crippen molar-refractivity contribution in [3.63, 3.8) is 0 Å². The van der Waals surface area contributed by atoms with Crippen LogP contribution < -0.4 is 31.3 Å². The molecule has 4 saturated heterocycles. The summed E-state index contributed by atoms with van der Waals surface area (Å²) in [6.45, 7) is 5.20. The number of nitrogens with zero attached hydrogens (tertiary/aromatic N) is 3. The monoisotopic (exact) mass is 1230 g/mol. The van der Waals surface area contributed by atoms with Gasteiger partial charge in [-0.1, -0.05) is 67.0 Å². The lowest BCUT2D eigenvalue weighted by Crippen LogP contribution is -2.76. The molecule has 25 heteroatoms. The first-order chi connectivity index (χ1) is 37.8. The summed E-state index contributed by atoms with van der Waals surface area (Å²) in [6.07, 6.45) is 1.64. The second-order valence-corrected chi connectivity index (χ2v) is 24.8. The number of nitrogens with one attached hydrogen (secondary N) is 5. The number of aliphatic carboxylic acids is 1. The van der Waals surface area contributed by atoms with E-state index >= 15 is 0 Å². The second-order valence-electron chi connectivity index (χ2n) is 20.0. The highest BCUT2D eigenvalue weighted by Crippen LogP contribution is 2.44. The Balaban J connectivity index is 0.912. The Morgan fingerprint density at radius 2 is 1.73 bits per heavy atom. The van der Waals surface area contributed by atoms with Crippen molar-refractivity contribution < 1.29 is 73.0 Å². The third-order valence-electron chi connectivity index (χ3n) is 14.0. The first-order valence-corrected chi connectivity index (χ1v) is 28.2. The highest BCUT2D eigenvalue weighted by atomic mass is 127. The first-order valence-electron chi connectivity index (χ1n) is 26.2. The molecule has 3 aromatic rings. The number of carboxylic acids is 1. The van der Waals surface area contributed by atoms with Crippen LogP contribution >= 0.6 is 34.4 Å². The number of carboxylic acid groups (broad SMARTS) is 1. The molecule has 0 bridgehead atoms. The molecular formula is C54H67IN8O15S.